The molecule has 0 aliphatic rings. The van der Waals surface area contributed by atoms with E-state index >= 15 is 0 Å². The van der Waals surface area contributed by atoms with Crippen molar-refractivity contribution in [2.75, 3.05) is 5.32 Å². The number of aromatic nitrogens is 1. The average Bonchev–Trinajstić information content (AvgIpc) is 2.74. The van der Waals surface area contributed by atoms with E-state index in [2.05, 4.69) is 21.2 Å². The van der Waals surface area contributed by atoms with Crippen LogP contribution in [0, 0.1) is 6.92 Å². The summed E-state index contributed by atoms with van der Waals surface area (Å²) < 4.78 is 7.73. The Morgan fingerprint density at radius 3 is 2.85 bits per heavy atom. The van der Waals surface area contributed by atoms with Gasteiger partial charge in [-0.2, -0.15) is 0 Å². The van der Waals surface area contributed by atoms with Gasteiger partial charge >= 0.3 is 5.76 Å². The van der Waals surface area contributed by atoms with Crippen molar-refractivity contribution < 1.29 is 4.42 Å². The van der Waals surface area contributed by atoms with E-state index in [4.69, 9.17) is 4.42 Å². The Kier molecular flexibility index (Phi) is 3.36. The molecule has 0 amide bonds. The summed E-state index contributed by atoms with van der Waals surface area (Å²) in [4.78, 5) is 11.8. The first-order chi connectivity index (χ1) is 9.65. The van der Waals surface area contributed by atoms with Crippen molar-refractivity contribution in [1.29, 1.82) is 0 Å². The molecule has 0 fully saturated rings. The molecule has 0 atom stereocenters. The molecule has 0 saturated heterocycles. The summed E-state index contributed by atoms with van der Waals surface area (Å²) in [6, 6.07) is 13.4. The lowest BCUT2D eigenvalue weighted by molar-refractivity contribution is 0.515. The Labute approximate surface area is 124 Å². The monoisotopic (exact) mass is 332 g/mol. The highest BCUT2D eigenvalue weighted by Crippen LogP contribution is 2.23. The topological polar surface area (TPSA) is 47.2 Å². The number of aryl methyl sites for hydroxylation is 1. The van der Waals surface area contributed by atoms with Gasteiger partial charge in [0.25, 0.3) is 0 Å². The van der Waals surface area contributed by atoms with Crippen LogP contribution in [0.3, 0.4) is 0 Å². The molecule has 2 aromatic carbocycles. The van der Waals surface area contributed by atoms with Crippen LogP contribution in [-0.2, 0) is 6.67 Å². The number of halogens is 1. The number of anilines is 1. The maximum absolute atomic E-state index is 11.8. The molecule has 3 aromatic rings. The molecule has 3 rings (SSSR count). The van der Waals surface area contributed by atoms with E-state index in [-0.39, 0.29) is 5.76 Å². The van der Waals surface area contributed by atoms with Crippen LogP contribution in [0.25, 0.3) is 11.1 Å². The third kappa shape index (κ3) is 2.36. The molecule has 20 heavy (non-hydrogen) atoms. The van der Waals surface area contributed by atoms with Crippen molar-refractivity contribution in [2.24, 2.45) is 0 Å². The second-order valence-corrected chi connectivity index (χ2v) is 5.44. The predicted octanol–water partition coefficient (Wildman–Crippen LogP) is 3.74. The zero-order valence-corrected chi connectivity index (χ0v) is 12.5. The van der Waals surface area contributed by atoms with Crippen LogP contribution in [0.4, 0.5) is 5.69 Å². The van der Waals surface area contributed by atoms with Crippen molar-refractivity contribution in [3.63, 3.8) is 0 Å². The third-order valence-corrected chi connectivity index (χ3v) is 3.78. The number of hydrogen-bond donors (Lipinski definition) is 1. The molecule has 0 aliphatic carbocycles. The van der Waals surface area contributed by atoms with Crippen molar-refractivity contribution in [2.45, 2.75) is 13.6 Å². The van der Waals surface area contributed by atoms with Gasteiger partial charge in [0, 0.05) is 10.2 Å². The Morgan fingerprint density at radius 1 is 1.25 bits per heavy atom. The minimum absolute atomic E-state index is 0.359. The zero-order valence-electron chi connectivity index (χ0n) is 10.9. The van der Waals surface area contributed by atoms with Gasteiger partial charge < -0.3 is 9.73 Å². The summed E-state index contributed by atoms with van der Waals surface area (Å²) in [6.07, 6.45) is 0. The van der Waals surface area contributed by atoms with Crippen LogP contribution >= 0.6 is 15.9 Å². The highest BCUT2D eigenvalue weighted by atomic mass is 79.9. The lowest BCUT2D eigenvalue weighted by atomic mass is 10.2. The van der Waals surface area contributed by atoms with E-state index in [9.17, 15) is 4.79 Å². The molecule has 1 N–H and O–H groups in total. The molecule has 0 spiro atoms. The molecular formula is C15H13BrN2O2. The molecule has 0 radical (unpaired) electrons. The molecule has 1 aromatic heterocycles. The average molecular weight is 333 g/mol. The number of para-hydroxylation sites is 2. The Balaban J connectivity index is 1.90. The summed E-state index contributed by atoms with van der Waals surface area (Å²) in [6.45, 7) is 2.39. The van der Waals surface area contributed by atoms with Crippen molar-refractivity contribution in [1.82, 2.24) is 4.57 Å². The van der Waals surface area contributed by atoms with Gasteiger partial charge in [0.1, 0.15) is 0 Å². The van der Waals surface area contributed by atoms with Gasteiger partial charge in [0.15, 0.2) is 5.58 Å². The van der Waals surface area contributed by atoms with Gasteiger partial charge in [0.05, 0.1) is 12.2 Å². The summed E-state index contributed by atoms with van der Waals surface area (Å²) in [5, 5.41) is 3.23. The third-order valence-electron chi connectivity index (χ3n) is 3.13. The van der Waals surface area contributed by atoms with Crippen LogP contribution in [0.2, 0.25) is 0 Å². The first-order valence-corrected chi connectivity index (χ1v) is 7.03. The Hall–Kier alpha value is -2.01. The second kappa shape index (κ2) is 5.17. The fraction of sp³-hybridized carbons (Fsp3) is 0.133. The number of nitrogens with zero attached hydrogens (tertiary/aromatic N) is 1. The Bertz CT molecular complexity index is 820. The number of oxazole rings is 1. The lowest BCUT2D eigenvalue weighted by Crippen LogP contribution is -2.19. The standard InChI is InChI=1S/C15H13BrN2O2/c1-10-6-7-12(11(16)8-10)17-9-18-13-4-2-3-5-14(13)20-15(18)19/h2-8,17H,9H2,1H3. The highest BCUT2D eigenvalue weighted by Gasteiger charge is 2.08. The van der Waals surface area contributed by atoms with Gasteiger partial charge in [-0.15, -0.1) is 0 Å². The largest absolute Gasteiger partial charge is 0.421 e. The highest BCUT2D eigenvalue weighted by molar-refractivity contribution is 9.10. The predicted molar refractivity (Wildman–Crippen MR) is 83.0 cm³/mol. The zero-order chi connectivity index (χ0) is 14.1. The number of rotatable bonds is 3. The van der Waals surface area contributed by atoms with Gasteiger partial charge in [-0.1, -0.05) is 18.2 Å². The van der Waals surface area contributed by atoms with E-state index in [1.54, 1.807) is 10.6 Å². The van der Waals surface area contributed by atoms with E-state index < -0.39 is 0 Å². The fourth-order valence-corrected chi connectivity index (χ4v) is 2.72. The molecule has 4 nitrogen and oxygen atoms in total. The summed E-state index contributed by atoms with van der Waals surface area (Å²) >= 11 is 3.51. The summed E-state index contributed by atoms with van der Waals surface area (Å²) in [5.41, 5.74) is 3.50. The summed E-state index contributed by atoms with van der Waals surface area (Å²) in [7, 11) is 0. The fourth-order valence-electron chi connectivity index (χ4n) is 2.09. The van der Waals surface area contributed by atoms with Crippen molar-refractivity contribution >= 4 is 32.7 Å². The molecule has 5 heteroatoms. The first-order valence-electron chi connectivity index (χ1n) is 6.23. The van der Waals surface area contributed by atoms with Crippen molar-refractivity contribution in [3.05, 3.63) is 63.1 Å². The smallest absolute Gasteiger partial charge is 0.408 e. The van der Waals surface area contributed by atoms with E-state index in [1.165, 1.54) is 5.56 Å². The number of fused-ring (bicyclic) bond motifs is 1. The second-order valence-electron chi connectivity index (χ2n) is 4.58. The maximum atomic E-state index is 11.8. The quantitative estimate of drug-likeness (QED) is 0.794. The minimum atomic E-state index is -0.359. The van der Waals surface area contributed by atoms with Crippen molar-refractivity contribution in [3.8, 4) is 0 Å². The van der Waals surface area contributed by atoms with Crippen LogP contribution in [0.5, 0.6) is 0 Å². The van der Waals surface area contributed by atoms with E-state index in [0.29, 0.717) is 12.3 Å². The number of benzene rings is 2. The van der Waals surface area contributed by atoms with Crippen LogP contribution in [0.1, 0.15) is 5.56 Å². The molecule has 0 saturated carbocycles. The normalized spacial score (nSPS) is 10.9. The van der Waals surface area contributed by atoms with Crippen LogP contribution < -0.4 is 11.1 Å². The number of nitrogens with one attached hydrogen (secondary N) is 1. The molecule has 0 unspecified atom stereocenters. The molecule has 102 valence electrons. The molecule has 0 aliphatic heterocycles. The molecule has 1 heterocycles. The van der Waals surface area contributed by atoms with Gasteiger partial charge in [-0.25, -0.2) is 4.79 Å². The van der Waals surface area contributed by atoms with Gasteiger partial charge in [-0.05, 0) is 52.7 Å². The Morgan fingerprint density at radius 2 is 2.05 bits per heavy atom. The van der Waals surface area contributed by atoms with E-state index in [1.807, 2.05) is 43.3 Å². The lowest BCUT2D eigenvalue weighted by Gasteiger charge is -2.09. The SMILES string of the molecule is Cc1ccc(NCn2c(=O)oc3ccccc32)c(Br)c1. The van der Waals surface area contributed by atoms with Crippen LogP contribution in [-0.4, -0.2) is 4.57 Å². The molecule has 0 bridgehead atoms. The van der Waals surface area contributed by atoms with Crippen LogP contribution in [0.15, 0.2) is 56.1 Å². The molecular weight excluding hydrogens is 320 g/mol. The van der Waals surface area contributed by atoms with Gasteiger partial charge in [-0.3, -0.25) is 4.57 Å². The maximum Gasteiger partial charge on any atom is 0.421 e. The minimum Gasteiger partial charge on any atom is -0.408 e. The summed E-state index contributed by atoms with van der Waals surface area (Å²) in [5.74, 6) is -0.359. The van der Waals surface area contributed by atoms with E-state index in [0.717, 1.165) is 15.7 Å². The van der Waals surface area contributed by atoms with Gasteiger partial charge in [0.2, 0.25) is 0 Å². The number of hydrogen-bond acceptors (Lipinski definition) is 3. The first kappa shape index (κ1) is 13.0.